The second kappa shape index (κ2) is 8.13. The van der Waals surface area contributed by atoms with E-state index in [1.165, 1.54) is 0 Å². The van der Waals surface area contributed by atoms with Crippen LogP contribution in [-0.4, -0.2) is 23.5 Å². The molecule has 2 unspecified atom stereocenters. The topological polar surface area (TPSA) is 66.4 Å². The zero-order valence-corrected chi connectivity index (χ0v) is 13.1. The monoisotopic (exact) mass is 311 g/mol. The molecule has 0 aliphatic carbocycles. The summed E-state index contributed by atoms with van der Waals surface area (Å²) in [6, 6.07) is 18.5. The summed E-state index contributed by atoms with van der Waals surface area (Å²) in [6.07, 6.45) is 0.666. The molecule has 4 heteroatoms. The Morgan fingerprint density at radius 3 is 1.83 bits per heavy atom. The van der Waals surface area contributed by atoms with Gasteiger partial charge in [0, 0.05) is 6.54 Å². The molecular formula is C19H21NO3. The van der Waals surface area contributed by atoms with Crippen molar-refractivity contribution < 1.29 is 14.7 Å². The molecule has 23 heavy (non-hydrogen) atoms. The zero-order chi connectivity index (χ0) is 16.7. The third-order valence-electron chi connectivity index (χ3n) is 3.91. The first kappa shape index (κ1) is 16.7. The van der Waals surface area contributed by atoms with Crippen LogP contribution in [0, 0.1) is 0 Å². The molecule has 0 saturated heterocycles. The van der Waals surface area contributed by atoms with Crippen LogP contribution in [0.2, 0.25) is 0 Å². The van der Waals surface area contributed by atoms with Crippen LogP contribution in [0.1, 0.15) is 36.3 Å². The summed E-state index contributed by atoms with van der Waals surface area (Å²) < 4.78 is 0. The van der Waals surface area contributed by atoms with E-state index >= 15 is 0 Å². The van der Waals surface area contributed by atoms with Gasteiger partial charge in [-0.1, -0.05) is 67.6 Å². The summed E-state index contributed by atoms with van der Waals surface area (Å²) in [5.41, 5.74) is 1.63. The number of aliphatic carboxylic acids is 1. The number of carboxylic acids is 1. The highest BCUT2D eigenvalue weighted by Gasteiger charge is 2.23. The van der Waals surface area contributed by atoms with E-state index in [4.69, 9.17) is 0 Å². The number of carbonyl (C=O) groups is 2. The highest BCUT2D eigenvalue weighted by Crippen LogP contribution is 2.20. The largest absolute Gasteiger partial charge is 0.481 e. The van der Waals surface area contributed by atoms with Crippen molar-refractivity contribution in [2.24, 2.45) is 0 Å². The molecule has 0 aliphatic rings. The minimum atomic E-state index is -0.941. The van der Waals surface area contributed by atoms with E-state index in [1.54, 1.807) is 24.3 Å². The average molecular weight is 311 g/mol. The maximum Gasteiger partial charge on any atom is 0.312 e. The van der Waals surface area contributed by atoms with Crippen molar-refractivity contribution in [2.75, 3.05) is 6.54 Å². The van der Waals surface area contributed by atoms with Gasteiger partial charge in [0.25, 0.3) is 0 Å². The lowest BCUT2D eigenvalue weighted by Crippen LogP contribution is -2.34. The van der Waals surface area contributed by atoms with E-state index in [9.17, 15) is 14.7 Å². The fourth-order valence-electron chi connectivity index (χ4n) is 2.62. The Morgan fingerprint density at radius 1 is 0.913 bits per heavy atom. The van der Waals surface area contributed by atoms with E-state index in [0.29, 0.717) is 12.0 Å². The van der Waals surface area contributed by atoms with Gasteiger partial charge in [-0.3, -0.25) is 9.59 Å². The van der Waals surface area contributed by atoms with Gasteiger partial charge in [-0.25, -0.2) is 0 Å². The lowest BCUT2D eigenvalue weighted by molar-refractivity contribution is -0.138. The molecule has 1 amide bonds. The Morgan fingerprint density at radius 2 is 1.39 bits per heavy atom. The Balaban J connectivity index is 2.05. The molecule has 2 rings (SSSR count). The number of nitrogens with one attached hydrogen (secondary N) is 1. The van der Waals surface area contributed by atoms with E-state index in [-0.39, 0.29) is 18.4 Å². The molecule has 0 spiro atoms. The SMILES string of the molecule is CCC(C(=O)NCC(C(=O)O)c1ccccc1)c1ccccc1. The molecular weight excluding hydrogens is 290 g/mol. The number of amides is 1. The van der Waals surface area contributed by atoms with Crippen molar-refractivity contribution in [3.8, 4) is 0 Å². The molecule has 2 aromatic rings. The van der Waals surface area contributed by atoms with Crippen LogP contribution in [-0.2, 0) is 9.59 Å². The predicted octanol–water partition coefficient (Wildman–Crippen LogP) is 3.16. The summed E-state index contributed by atoms with van der Waals surface area (Å²) in [7, 11) is 0. The summed E-state index contributed by atoms with van der Waals surface area (Å²) in [6.45, 7) is 2.03. The third kappa shape index (κ3) is 4.42. The van der Waals surface area contributed by atoms with Gasteiger partial charge in [0.15, 0.2) is 0 Å². The molecule has 2 atom stereocenters. The van der Waals surface area contributed by atoms with Gasteiger partial charge in [-0.15, -0.1) is 0 Å². The lowest BCUT2D eigenvalue weighted by Gasteiger charge is -2.18. The van der Waals surface area contributed by atoms with E-state index in [2.05, 4.69) is 5.32 Å². The van der Waals surface area contributed by atoms with Gasteiger partial charge in [0.05, 0.1) is 11.8 Å². The molecule has 120 valence electrons. The minimum Gasteiger partial charge on any atom is -0.481 e. The van der Waals surface area contributed by atoms with E-state index in [1.807, 2.05) is 43.3 Å². The van der Waals surface area contributed by atoms with Crippen molar-refractivity contribution in [3.63, 3.8) is 0 Å². The minimum absolute atomic E-state index is 0.0848. The number of carboxylic acid groups (broad SMARTS) is 1. The van der Waals surface area contributed by atoms with Gasteiger partial charge >= 0.3 is 5.97 Å². The van der Waals surface area contributed by atoms with Crippen LogP contribution in [0.15, 0.2) is 60.7 Å². The molecule has 0 fully saturated rings. The van der Waals surface area contributed by atoms with Crippen molar-refractivity contribution >= 4 is 11.9 Å². The molecule has 0 bridgehead atoms. The van der Waals surface area contributed by atoms with Crippen LogP contribution >= 0.6 is 0 Å². The number of carbonyl (C=O) groups excluding carboxylic acids is 1. The summed E-state index contributed by atoms with van der Waals surface area (Å²) in [5, 5.41) is 12.2. The summed E-state index contributed by atoms with van der Waals surface area (Å²) in [5.74, 6) is -2.08. The molecule has 0 radical (unpaired) electrons. The van der Waals surface area contributed by atoms with Gasteiger partial charge in [0.2, 0.25) is 5.91 Å². The molecule has 2 N–H and O–H groups in total. The fourth-order valence-corrected chi connectivity index (χ4v) is 2.62. The lowest BCUT2D eigenvalue weighted by atomic mass is 9.94. The molecule has 0 saturated carbocycles. The average Bonchev–Trinajstić information content (AvgIpc) is 2.57. The first-order chi connectivity index (χ1) is 11.1. The fraction of sp³-hybridized carbons (Fsp3) is 0.263. The van der Waals surface area contributed by atoms with Crippen LogP contribution in [0.3, 0.4) is 0 Å². The highest BCUT2D eigenvalue weighted by molar-refractivity contribution is 5.84. The molecule has 0 heterocycles. The number of hydrogen-bond acceptors (Lipinski definition) is 2. The summed E-state index contributed by atoms with van der Waals surface area (Å²) in [4.78, 5) is 23.9. The van der Waals surface area contributed by atoms with Gasteiger partial charge < -0.3 is 10.4 Å². The van der Waals surface area contributed by atoms with Crippen LogP contribution in [0.25, 0.3) is 0 Å². The van der Waals surface area contributed by atoms with E-state index in [0.717, 1.165) is 5.56 Å². The maximum absolute atomic E-state index is 12.4. The standard InChI is InChI=1S/C19H21NO3/c1-2-16(14-9-5-3-6-10-14)18(21)20-13-17(19(22)23)15-11-7-4-8-12-15/h3-12,16-17H,2,13H2,1H3,(H,20,21)(H,22,23). The predicted molar refractivity (Wildman–Crippen MR) is 89.3 cm³/mol. The van der Waals surface area contributed by atoms with E-state index < -0.39 is 11.9 Å². The van der Waals surface area contributed by atoms with Crippen LogP contribution < -0.4 is 5.32 Å². The van der Waals surface area contributed by atoms with Crippen molar-refractivity contribution in [3.05, 3.63) is 71.8 Å². The molecule has 0 aromatic heterocycles. The third-order valence-corrected chi connectivity index (χ3v) is 3.91. The highest BCUT2D eigenvalue weighted by atomic mass is 16.4. The second-order valence-corrected chi connectivity index (χ2v) is 5.42. The summed E-state index contributed by atoms with van der Waals surface area (Å²) >= 11 is 0. The zero-order valence-electron chi connectivity index (χ0n) is 13.1. The van der Waals surface area contributed by atoms with Crippen molar-refractivity contribution in [2.45, 2.75) is 25.2 Å². The Kier molecular flexibility index (Phi) is 5.92. The van der Waals surface area contributed by atoms with Gasteiger partial charge in [-0.2, -0.15) is 0 Å². The number of hydrogen-bond donors (Lipinski definition) is 2. The first-order valence-electron chi connectivity index (χ1n) is 7.74. The molecule has 2 aromatic carbocycles. The normalized spacial score (nSPS) is 13.1. The second-order valence-electron chi connectivity index (χ2n) is 5.42. The quantitative estimate of drug-likeness (QED) is 0.825. The smallest absolute Gasteiger partial charge is 0.312 e. The number of benzene rings is 2. The Labute approximate surface area is 136 Å². The molecule has 4 nitrogen and oxygen atoms in total. The van der Waals surface area contributed by atoms with Crippen molar-refractivity contribution in [1.29, 1.82) is 0 Å². The van der Waals surface area contributed by atoms with Gasteiger partial charge in [0.1, 0.15) is 0 Å². The van der Waals surface area contributed by atoms with Gasteiger partial charge in [-0.05, 0) is 17.5 Å². The van der Waals surface area contributed by atoms with Crippen molar-refractivity contribution in [1.82, 2.24) is 5.32 Å². The number of rotatable bonds is 7. The first-order valence-corrected chi connectivity index (χ1v) is 7.74. The van der Waals surface area contributed by atoms with Crippen LogP contribution in [0.5, 0.6) is 0 Å². The van der Waals surface area contributed by atoms with Crippen LogP contribution in [0.4, 0.5) is 0 Å². The Bertz CT molecular complexity index is 640. The maximum atomic E-state index is 12.4. The molecule has 0 aliphatic heterocycles. The Hall–Kier alpha value is -2.62.